The maximum atomic E-state index is 13.2. The number of allylic oxidation sites excluding steroid dienone is 2. The lowest BCUT2D eigenvalue weighted by atomic mass is 9.90. The van der Waals surface area contributed by atoms with Crippen LogP contribution in [0.3, 0.4) is 0 Å². The zero-order chi connectivity index (χ0) is 18.6. The summed E-state index contributed by atoms with van der Waals surface area (Å²) in [4.78, 5) is 15.1. The minimum absolute atomic E-state index is 0.0576. The second-order valence-corrected chi connectivity index (χ2v) is 7.38. The first kappa shape index (κ1) is 17.6. The third-order valence-electron chi connectivity index (χ3n) is 4.98. The lowest BCUT2D eigenvalue weighted by molar-refractivity contribution is -0.130. The Balaban J connectivity index is 1.58. The number of alkyl halides is 1. The van der Waals surface area contributed by atoms with Crippen LogP contribution in [0.5, 0.6) is 0 Å². The number of rotatable bonds is 3. The summed E-state index contributed by atoms with van der Waals surface area (Å²) in [5, 5.41) is -0.0576. The molecule has 1 aliphatic heterocycles. The first-order valence-corrected chi connectivity index (χ1v) is 9.60. The molecular formula is C24H20ClNO. The van der Waals surface area contributed by atoms with E-state index in [-0.39, 0.29) is 17.2 Å². The van der Waals surface area contributed by atoms with Gasteiger partial charge in [0.15, 0.2) is 0 Å². The monoisotopic (exact) mass is 373 g/mol. The van der Waals surface area contributed by atoms with E-state index in [1.165, 1.54) is 0 Å². The number of carbonyl (C=O) groups excluding carboxylic acids is 1. The van der Waals surface area contributed by atoms with Gasteiger partial charge in [0.05, 0.1) is 17.8 Å². The van der Waals surface area contributed by atoms with E-state index in [4.69, 9.17) is 11.6 Å². The number of amides is 1. The van der Waals surface area contributed by atoms with Gasteiger partial charge in [-0.1, -0.05) is 66.4 Å². The normalized spacial score (nSPS) is 21.1. The molecule has 2 nitrogen and oxygen atoms in total. The van der Waals surface area contributed by atoms with Crippen LogP contribution in [-0.4, -0.2) is 16.2 Å². The third-order valence-corrected chi connectivity index (χ3v) is 5.28. The summed E-state index contributed by atoms with van der Waals surface area (Å²) in [6.45, 7) is 0.582. The van der Waals surface area contributed by atoms with E-state index in [2.05, 4.69) is 11.8 Å². The van der Waals surface area contributed by atoms with E-state index in [1.54, 1.807) is 0 Å². The van der Waals surface area contributed by atoms with Gasteiger partial charge in [-0.2, -0.15) is 0 Å². The predicted molar refractivity (Wildman–Crippen MR) is 109 cm³/mol. The van der Waals surface area contributed by atoms with Gasteiger partial charge in [-0.25, -0.2) is 0 Å². The summed E-state index contributed by atoms with van der Waals surface area (Å²) >= 11 is 6.35. The number of nitrogens with zero attached hydrogens (tertiary/aromatic N) is 1. The molecule has 4 rings (SSSR count). The maximum absolute atomic E-state index is 13.2. The molecule has 2 aromatic carbocycles. The van der Waals surface area contributed by atoms with Crippen LogP contribution in [0.15, 0.2) is 84.1 Å². The van der Waals surface area contributed by atoms with Crippen molar-refractivity contribution >= 4 is 17.5 Å². The molecule has 2 aromatic rings. The highest BCUT2D eigenvalue weighted by atomic mass is 35.5. The van der Waals surface area contributed by atoms with Crippen molar-refractivity contribution in [2.75, 3.05) is 0 Å². The standard InChI is InChI=1S/C24H20ClNO/c25-20-14-15-23-22(16-20)21(13-7-12-18-8-3-1-4-9-18)24(27)26(23)17-19-10-5-2-6-11-19/h1-6,8-11,14-15,20-21H,13,16-17H2. The maximum Gasteiger partial charge on any atom is 0.235 e. The molecule has 1 amide bonds. The fourth-order valence-corrected chi connectivity index (χ4v) is 3.88. The highest BCUT2D eigenvalue weighted by Crippen LogP contribution is 2.39. The van der Waals surface area contributed by atoms with Gasteiger partial charge in [0.2, 0.25) is 5.91 Å². The van der Waals surface area contributed by atoms with Gasteiger partial charge < -0.3 is 4.90 Å². The lowest BCUT2D eigenvalue weighted by Gasteiger charge is -2.21. The minimum atomic E-state index is -0.203. The second-order valence-electron chi connectivity index (χ2n) is 6.82. The number of halogens is 1. The van der Waals surface area contributed by atoms with Crippen molar-refractivity contribution in [2.24, 2.45) is 5.92 Å². The van der Waals surface area contributed by atoms with Crippen molar-refractivity contribution in [1.82, 2.24) is 4.90 Å². The average Bonchev–Trinajstić information content (AvgIpc) is 2.95. The van der Waals surface area contributed by atoms with Crippen LogP contribution in [0.25, 0.3) is 0 Å². The Morgan fingerprint density at radius 3 is 2.48 bits per heavy atom. The molecule has 3 heteroatoms. The molecule has 134 valence electrons. The molecule has 2 aliphatic rings. The molecule has 0 bridgehead atoms. The molecule has 27 heavy (non-hydrogen) atoms. The molecule has 2 unspecified atom stereocenters. The fraction of sp³-hybridized carbons (Fsp3) is 0.208. The fourth-order valence-electron chi connectivity index (χ4n) is 3.64. The van der Waals surface area contributed by atoms with Gasteiger partial charge in [0.1, 0.15) is 0 Å². The highest BCUT2D eigenvalue weighted by Gasteiger charge is 2.39. The quantitative estimate of drug-likeness (QED) is 0.553. The SMILES string of the molecule is O=C1C(CC#Cc2ccccc2)C2=C(C=CC(Cl)C2)N1Cc1ccccc1. The van der Waals surface area contributed by atoms with Crippen molar-refractivity contribution in [3.8, 4) is 11.8 Å². The van der Waals surface area contributed by atoms with Gasteiger partial charge in [0, 0.05) is 17.7 Å². The molecule has 1 aliphatic carbocycles. The van der Waals surface area contributed by atoms with Crippen LogP contribution < -0.4 is 0 Å². The largest absolute Gasteiger partial charge is 0.307 e. The van der Waals surface area contributed by atoms with E-state index >= 15 is 0 Å². The van der Waals surface area contributed by atoms with Crippen molar-refractivity contribution in [3.05, 3.63) is 95.2 Å². The van der Waals surface area contributed by atoms with Gasteiger partial charge >= 0.3 is 0 Å². The van der Waals surface area contributed by atoms with Crippen LogP contribution in [0.4, 0.5) is 0 Å². The second kappa shape index (κ2) is 7.86. The summed E-state index contributed by atoms with van der Waals surface area (Å²) in [7, 11) is 0. The minimum Gasteiger partial charge on any atom is -0.307 e. The van der Waals surface area contributed by atoms with Crippen molar-refractivity contribution in [1.29, 1.82) is 0 Å². The Bertz CT molecular complexity index is 950. The van der Waals surface area contributed by atoms with Crippen LogP contribution in [-0.2, 0) is 11.3 Å². The zero-order valence-corrected chi connectivity index (χ0v) is 15.7. The number of benzene rings is 2. The van der Waals surface area contributed by atoms with E-state index in [0.717, 1.165) is 22.4 Å². The van der Waals surface area contributed by atoms with E-state index in [0.29, 0.717) is 19.4 Å². The Morgan fingerprint density at radius 1 is 1.04 bits per heavy atom. The number of hydrogen-bond acceptors (Lipinski definition) is 1. The number of carbonyl (C=O) groups is 1. The van der Waals surface area contributed by atoms with Gasteiger partial charge in [-0.15, -0.1) is 11.6 Å². The summed E-state index contributed by atoms with van der Waals surface area (Å²) in [5.41, 5.74) is 4.22. The lowest BCUT2D eigenvalue weighted by Crippen LogP contribution is -2.28. The molecule has 0 spiro atoms. The smallest absolute Gasteiger partial charge is 0.235 e. The summed E-state index contributed by atoms with van der Waals surface area (Å²) in [6.07, 6.45) is 5.21. The molecular weight excluding hydrogens is 354 g/mol. The first-order valence-electron chi connectivity index (χ1n) is 9.17. The molecule has 0 aromatic heterocycles. The van der Waals surface area contributed by atoms with Crippen molar-refractivity contribution < 1.29 is 4.79 Å². The molecule has 0 N–H and O–H groups in total. The summed E-state index contributed by atoms with van der Waals surface area (Å²) in [5.74, 6) is 6.30. The van der Waals surface area contributed by atoms with Crippen LogP contribution >= 0.6 is 11.6 Å². The highest BCUT2D eigenvalue weighted by molar-refractivity contribution is 6.22. The van der Waals surface area contributed by atoms with Crippen molar-refractivity contribution in [3.63, 3.8) is 0 Å². The van der Waals surface area contributed by atoms with Crippen molar-refractivity contribution in [2.45, 2.75) is 24.8 Å². The van der Waals surface area contributed by atoms with E-state index in [1.807, 2.05) is 77.7 Å². The van der Waals surface area contributed by atoms with Gasteiger partial charge in [-0.3, -0.25) is 4.79 Å². The Morgan fingerprint density at radius 2 is 1.74 bits per heavy atom. The van der Waals surface area contributed by atoms with Crippen LogP contribution in [0.2, 0.25) is 0 Å². The molecule has 0 saturated heterocycles. The van der Waals surface area contributed by atoms with E-state index in [9.17, 15) is 4.79 Å². The first-order chi connectivity index (χ1) is 13.2. The van der Waals surface area contributed by atoms with Crippen LogP contribution in [0.1, 0.15) is 24.0 Å². The molecule has 2 atom stereocenters. The topological polar surface area (TPSA) is 20.3 Å². The molecule has 0 saturated carbocycles. The van der Waals surface area contributed by atoms with Gasteiger partial charge in [-0.05, 0) is 35.8 Å². The third kappa shape index (κ3) is 3.84. The molecule has 1 heterocycles. The summed E-state index contributed by atoms with van der Waals surface area (Å²) in [6, 6.07) is 20.0. The number of hydrogen-bond donors (Lipinski definition) is 0. The molecule has 0 radical (unpaired) electrons. The van der Waals surface area contributed by atoms with Gasteiger partial charge in [0.25, 0.3) is 0 Å². The Labute approximate surface area is 165 Å². The predicted octanol–water partition coefficient (Wildman–Crippen LogP) is 4.91. The van der Waals surface area contributed by atoms with Crippen LogP contribution in [0, 0.1) is 17.8 Å². The average molecular weight is 374 g/mol. The Kier molecular flexibility index (Phi) is 5.14. The van der Waals surface area contributed by atoms with E-state index < -0.39 is 0 Å². The zero-order valence-electron chi connectivity index (χ0n) is 14.9. The Hall–Kier alpha value is -2.76. The summed E-state index contributed by atoms with van der Waals surface area (Å²) < 4.78 is 0. The molecule has 0 fully saturated rings.